The van der Waals surface area contributed by atoms with Gasteiger partial charge < -0.3 is 14.4 Å². The SMILES string of the molecule is CCOC(=O)C1[C@H]2C(=O)N(C(C)c3ccc(Br)cc3)C[C@]23C=C[C@H]1O3. The van der Waals surface area contributed by atoms with Crippen LogP contribution in [0, 0.1) is 11.8 Å². The molecule has 1 spiro atoms. The number of likely N-dealkylation sites (tertiary alicyclic amines) is 1. The number of halogens is 1. The summed E-state index contributed by atoms with van der Waals surface area (Å²) in [4.78, 5) is 27.4. The van der Waals surface area contributed by atoms with Crippen molar-refractivity contribution in [3.63, 3.8) is 0 Å². The predicted octanol–water partition coefficient (Wildman–Crippen LogP) is 2.86. The number of benzene rings is 1. The van der Waals surface area contributed by atoms with Crippen molar-refractivity contribution < 1.29 is 19.1 Å². The van der Waals surface area contributed by atoms with Gasteiger partial charge in [-0.1, -0.05) is 40.2 Å². The molecule has 4 rings (SSSR count). The third kappa shape index (κ3) is 2.46. The lowest BCUT2D eigenvalue weighted by atomic mass is 9.77. The Morgan fingerprint density at radius 1 is 1.44 bits per heavy atom. The number of rotatable bonds is 4. The van der Waals surface area contributed by atoms with Crippen LogP contribution in [-0.4, -0.2) is 41.6 Å². The number of fused-ring (bicyclic) bond motifs is 1. The van der Waals surface area contributed by atoms with Gasteiger partial charge in [0, 0.05) is 4.47 Å². The first-order valence-electron chi connectivity index (χ1n) is 8.56. The van der Waals surface area contributed by atoms with Crippen molar-refractivity contribution in [3.05, 3.63) is 46.5 Å². The number of esters is 1. The van der Waals surface area contributed by atoms with Crippen LogP contribution in [0.4, 0.5) is 0 Å². The zero-order valence-electron chi connectivity index (χ0n) is 14.1. The van der Waals surface area contributed by atoms with E-state index in [2.05, 4.69) is 15.9 Å². The Kier molecular flexibility index (Phi) is 4.00. The molecule has 25 heavy (non-hydrogen) atoms. The summed E-state index contributed by atoms with van der Waals surface area (Å²) in [7, 11) is 0. The molecule has 3 aliphatic rings. The quantitative estimate of drug-likeness (QED) is 0.570. The van der Waals surface area contributed by atoms with Gasteiger partial charge in [-0.25, -0.2) is 0 Å². The Morgan fingerprint density at radius 3 is 2.84 bits per heavy atom. The number of ether oxygens (including phenoxy) is 2. The van der Waals surface area contributed by atoms with E-state index in [1.165, 1.54) is 0 Å². The number of amides is 1. The van der Waals surface area contributed by atoms with Gasteiger partial charge in [-0.05, 0) is 31.5 Å². The van der Waals surface area contributed by atoms with E-state index in [9.17, 15) is 9.59 Å². The molecule has 2 unspecified atom stereocenters. The topological polar surface area (TPSA) is 55.8 Å². The third-order valence-electron chi connectivity index (χ3n) is 5.51. The van der Waals surface area contributed by atoms with Gasteiger partial charge in [0.2, 0.25) is 5.91 Å². The molecule has 3 aliphatic heterocycles. The maximum absolute atomic E-state index is 13.2. The largest absolute Gasteiger partial charge is 0.466 e. The van der Waals surface area contributed by atoms with Crippen molar-refractivity contribution in [1.29, 1.82) is 0 Å². The van der Waals surface area contributed by atoms with Crippen molar-refractivity contribution in [2.24, 2.45) is 11.8 Å². The van der Waals surface area contributed by atoms with Gasteiger partial charge in [-0.3, -0.25) is 9.59 Å². The summed E-state index contributed by atoms with van der Waals surface area (Å²) < 4.78 is 12.3. The Hall–Kier alpha value is -1.66. The molecule has 1 aromatic carbocycles. The van der Waals surface area contributed by atoms with Crippen LogP contribution >= 0.6 is 15.9 Å². The van der Waals surface area contributed by atoms with Crippen molar-refractivity contribution in [2.45, 2.75) is 31.6 Å². The minimum atomic E-state index is -0.692. The summed E-state index contributed by atoms with van der Waals surface area (Å²) in [5.74, 6) is -1.39. The lowest BCUT2D eigenvalue weighted by molar-refractivity contribution is -0.153. The van der Waals surface area contributed by atoms with E-state index >= 15 is 0 Å². The van der Waals surface area contributed by atoms with E-state index in [0.29, 0.717) is 13.2 Å². The Bertz CT molecular complexity index is 746. The third-order valence-corrected chi connectivity index (χ3v) is 6.04. The van der Waals surface area contributed by atoms with E-state index in [0.717, 1.165) is 10.0 Å². The van der Waals surface area contributed by atoms with E-state index in [1.807, 2.05) is 48.2 Å². The van der Waals surface area contributed by atoms with Gasteiger partial charge in [0.15, 0.2) is 0 Å². The molecule has 2 saturated heterocycles. The second kappa shape index (κ2) is 5.95. The average molecular weight is 406 g/mol. The monoisotopic (exact) mass is 405 g/mol. The molecule has 0 saturated carbocycles. The molecule has 1 aromatic rings. The highest BCUT2D eigenvalue weighted by Crippen LogP contribution is 2.53. The van der Waals surface area contributed by atoms with Gasteiger partial charge in [0.25, 0.3) is 0 Å². The van der Waals surface area contributed by atoms with Gasteiger partial charge in [-0.2, -0.15) is 0 Å². The number of nitrogens with zero attached hydrogens (tertiary/aromatic N) is 1. The molecular weight excluding hydrogens is 386 g/mol. The molecular formula is C19H20BrNO4. The summed E-state index contributed by atoms with van der Waals surface area (Å²) >= 11 is 3.43. The summed E-state index contributed by atoms with van der Waals surface area (Å²) in [6, 6.07) is 7.86. The summed E-state index contributed by atoms with van der Waals surface area (Å²) in [6.07, 6.45) is 3.52. The Balaban J connectivity index is 1.63. The zero-order valence-corrected chi connectivity index (χ0v) is 15.7. The first kappa shape index (κ1) is 16.8. The first-order valence-corrected chi connectivity index (χ1v) is 9.36. The normalized spacial score (nSPS) is 33.6. The molecule has 2 fully saturated rings. The molecule has 0 aromatic heterocycles. The summed E-state index contributed by atoms with van der Waals surface area (Å²) in [5.41, 5.74) is 0.363. The smallest absolute Gasteiger partial charge is 0.312 e. The average Bonchev–Trinajstić information content (AvgIpc) is 3.23. The number of hydrogen-bond acceptors (Lipinski definition) is 4. The van der Waals surface area contributed by atoms with Crippen molar-refractivity contribution in [2.75, 3.05) is 13.2 Å². The van der Waals surface area contributed by atoms with Crippen LogP contribution in [0.25, 0.3) is 0 Å². The molecule has 0 aliphatic carbocycles. The van der Waals surface area contributed by atoms with E-state index in [-0.39, 0.29) is 24.0 Å². The summed E-state index contributed by atoms with van der Waals surface area (Å²) in [6.45, 7) is 4.56. The Labute approximate surface area is 155 Å². The minimum absolute atomic E-state index is 0.0275. The van der Waals surface area contributed by atoms with E-state index in [4.69, 9.17) is 9.47 Å². The second-order valence-electron chi connectivity index (χ2n) is 6.85. The lowest BCUT2D eigenvalue weighted by Gasteiger charge is -2.27. The summed E-state index contributed by atoms with van der Waals surface area (Å²) in [5, 5.41) is 0. The maximum Gasteiger partial charge on any atom is 0.312 e. The van der Waals surface area contributed by atoms with Crippen LogP contribution in [0.15, 0.2) is 40.9 Å². The number of carbonyl (C=O) groups is 2. The number of carbonyl (C=O) groups excluding carboxylic acids is 2. The molecule has 1 amide bonds. The number of hydrogen-bond donors (Lipinski definition) is 0. The van der Waals surface area contributed by atoms with Gasteiger partial charge in [0.1, 0.15) is 11.5 Å². The minimum Gasteiger partial charge on any atom is -0.466 e. The highest BCUT2D eigenvalue weighted by Gasteiger charge is 2.67. The van der Waals surface area contributed by atoms with Crippen LogP contribution in [0.5, 0.6) is 0 Å². The fraction of sp³-hybridized carbons (Fsp3) is 0.474. The van der Waals surface area contributed by atoms with Crippen molar-refractivity contribution in [1.82, 2.24) is 4.90 Å². The highest BCUT2D eigenvalue weighted by molar-refractivity contribution is 9.10. The van der Waals surface area contributed by atoms with Crippen LogP contribution in [0.3, 0.4) is 0 Å². The molecule has 5 atom stereocenters. The zero-order chi connectivity index (χ0) is 17.8. The van der Waals surface area contributed by atoms with Crippen molar-refractivity contribution >= 4 is 27.8 Å². The molecule has 0 radical (unpaired) electrons. The molecule has 2 bridgehead atoms. The first-order chi connectivity index (χ1) is 12.0. The van der Waals surface area contributed by atoms with Crippen LogP contribution < -0.4 is 0 Å². The van der Waals surface area contributed by atoms with Gasteiger partial charge in [-0.15, -0.1) is 0 Å². The molecule has 132 valence electrons. The Morgan fingerprint density at radius 2 is 2.16 bits per heavy atom. The fourth-order valence-electron chi connectivity index (χ4n) is 4.28. The fourth-order valence-corrected chi connectivity index (χ4v) is 4.55. The maximum atomic E-state index is 13.2. The molecule has 3 heterocycles. The van der Waals surface area contributed by atoms with Crippen LogP contribution in [0.1, 0.15) is 25.5 Å². The van der Waals surface area contributed by atoms with Gasteiger partial charge >= 0.3 is 5.97 Å². The standard InChI is InChI=1S/C19H20BrNO4/c1-3-24-18(23)15-14-8-9-19(25-14)10-21(17(22)16(15)19)11(2)12-4-6-13(20)7-5-12/h4-9,11,14-16H,3,10H2,1-2H3/t11?,14-,15?,16+,19-/m1/s1. The van der Waals surface area contributed by atoms with E-state index in [1.54, 1.807) is 6.92 Å². The predicted molar refractivity (Wildman–Crippen MR) is 94.6 cm³/mol. The van der Waals surface area contributed by atoms with Crippen molar-refractivity contribution in [3.8, 4) is 0 Å². The van der Waals surface area contributed by atoms with E-state index < -0.39 is 17.4 Å². The van der Waals surface area contributed by atoms with Gasteiger partial charge in [0.05, 0.1) is 31.2 Å². The molecule has 5 nitrogen and oxygen atoms in total. The van der Waals surface area contributed by atoms with Crippen LogP contribution in [0.2, 0.25) is 0 Å². The molecule has 6 heteroatoms. The second-order valence-corrected chi connectivity index (χ2v) is 7.76. The van der Waals surface area contributed by atoms with Crippen LogP contribution in [-0.2, 0) is 19.1 Å². The highest BCUT2D eigenvalue weighted by atomic mass is 79.9. The molecule has 0 N–H and O–H groups in total. The lowest BCUT2D eigenvalue weighted by Crippen LogP contribution is -2.40.